The normalized spacial score (nSPS) is 4.50. The molecule has 0 saturated heterocycles. The summed E-state index contributed by atoms with van der Waals surface area (Å²) in [6.45, 7) is 3.10. The van der Waals surface area contributed by atoms with Crippen LogP contribution >= 0.6 is 24.0 Å². The molecule has 56 valence electrons. The highest BCUT2D eigenvalue weighted by atomic mass is 35.5. The van der Waals surface area contributed by atoms with Gasteiger partial charge in [-0.1, -0.05) is 6.92 Å². The number of rotatable bonds is 0. The van der Waals surface area contributed by atoms with Gasteiger partial charge < -0.3 is 0 Å². The Labute approximate surface area is 60.2 Å². The summed E-state index contributed by atoms with van der Waals surface area (Å²) in [5.74, 6) is 0.722. The van der Waals surface area contributed by atoms with E-state index in [1.165, 1.54) is 6.92 Å². The summed E-state index contributed by atoms with van der Waals surface area (Å²) in [7, 11) is 0. The van der Waals surface area contributed by atoms with Gasteiger partial charge >= 0.3 is 0 Å². The molecule has 0 amide bonds. The van der Waals surface area contributed by atoms with Crippen molar-refractivity contribution in [1.82, 2.24) is 0 Å². The Morgan fingerprint density at radius 2 is 1.38 bits per heavy atom. The van der Waals surface area contributed by atoms with Crippen LogP contribution in [-0.4, -0.2) is 12.6 Å². The average molecular weight is 169 g/mol. The summed E-state index contributed by atoms with van der Waals surface area (Å²) < 4.78 is 10.3. The second kappa shape index (κ2) is 51.8. The van der Waals surface area contributed by atoms with Gasteiger partial charge in [-0.05, 0) is 6.92 Å². The van der Waals surface area contributed by atoms with E-state index in [0.29, 0.717) is 0 Å². The van der Waals surface area contributed by atoms with Gasteiger partial charge in [0.2, 0.25) is 0 Å². The van der Waals surface area contributed by atoms with Crippen LogP contribution in [0.25, 0.3) is 0 Å². The van der Waals surface area contributed by atoms with Crippen LogP contribution in [0.1, 0.15) is 13.8 Å². The lowest BCUT2D eigenvalue weighted by Crippen LogP contribution is -1.40. The minimum absolute atomic E-state index is 0. The molecule has 0 heterocycles. The summed E-state index contributed by atoms with van der Waals surface area (Å²) in [6.07, 6.45) is 0. The monoisotopic (exact) mass is 168 g/mol. The van der Waals surface area contributed by atoms with E-state index >= 15 is 0 Å². The maximum atomic E-state index is 10.3. The lowest BCUT2D eigenvalue weighted by Gasteiger charge is -1.45. The zero-order chi connectivity index (χ0) is 5.41. The molecule has 0 fully saturated rings. The van der Waals surface area contributed by atoms with E-state index in [4.69, 9.17) is 11.6 Å². The topological polar surface area (TPSA) is 0 Å². The summed E-state index contributed by atoms with van der Waals surface area (Å²) in [5, 5.41) is 0. The number of halogens is 4. The molecule has 0 unspecified atom stereocenters. The number of alkyl halides is 2. The van der Waals surface area contributed by atoms with E-state index in [-0.39, 0.29) is 23.8 Å². The number of hydrogen-bond donors (Lipinski definition) is 0. The first-order valence-corrected chi connectivity index (χ1v) is 2.48. The Morgan fingerprint density at radius 1 is 1.38 bits per heavy atom. The zero-order valence-corrected chi connectivity index (χ0v) is 6.56. The van der Waals surface area contributed by atoms with Crippen LogP contribution in [0.5, 0.6) is 0 Å². The minimum atomic E-state index is -0.250. The SMILES string of the molecule is CCCl.CCF.Cl.F. The van der Waals surface area contributed by atoms with Gasteiger partial charge in [0, 0.05) is 5.88 Å². The zero-order valence-electron chi connectivity index (χ0n) is 4.99. The Hall–Kier alpha value is 0.440. The van der Waals surface area contributed by atoms with Gasteiger partial charge in [-0.25, -0.2) is 0 Å². The van der Waals surface area contributed by atoms with Gasteiger partial charge in [0.25, 0.3) is 0 Å². The Morgan fingerprint density at radius 3 is 1.38 bits per heavy atom. The van der Waals surface area contributed by atoms with Crippen LogP contribution in [0, 0.1) is 0 Å². The molecule has 0 radical (unpaired) electrons. The van der Waals surface area contributed by atoms with Crippen molar-refractivity contribution in [2.24, 2.45) is 0 Å². The second-order valence-electron chi connectivity index (χ2n) is 0.535. The lowest BCUT2D eigenvalue weighted by atomic mass is 10.9. The van der Waals surface area contributed by atoms with Crippen LogP contribution in [-0.2, 0) is 0 Å². The van der Waals surface area contributed by atoms with Crippen molar-refractivity contribution in [3.05, 3.63) is 0 Å². The highest BCUT2D eigenvalue weighted by molar-refractivity contribution is 6.17. The van der Waals surface area contributed by atoms with Crippen molar-refractivity contribution in [2.75, 3.05) is 12.6 Å². The molecular formula is C4H12Cl2F2. The van der Waals surface area contributed by atoms with E-state index in [9.17, 15) is 4.39 Å². The fraction of sp³-hybridized carbons (Fsp3) is 1.00. The molecule has 0 bridgehead atoms. The third kappa shape index (κ3) is 984. The van der Waals surface area contributed by atoms with Crippen LogP contribution < -0.4 is 0 Å². The van der Waals surface area contributed by atoms with Gasteiger partial charge in [-0.2, -0.15) is 0 Å². The molecule has 4 heteroatoms. The lowest BCUT2D eigenvalue weighted by molar-refractivity contribution is 0.527. The van der Waals surface area contributed by atoms with Crippen LogP contribution in [0.15, 0.2) is 0 Å². The molecule has 0 saturated carbocycles. The van der Waals surface area contributed by atoms with E-state index in [0.717, 1.165) is 5.88 Å². The van der Waals surface area contributed by atoms with Gasteiger partial charge in [0.1, 0.15) is 0 Å². The first-order chi connectivity index (χ1) is 2.83. The Kier molecular flexibility index (Phi) is 154. The van der Waals surface area contributed by atoms with Gasteiger partial charge in [0.05, 0.1) is 6.67 Å². The van der Waals surface area contributed by atoms with E-state index < -0.39 is 0 Å². The smallest absolute Gasteiger partial charge is 0.0866 e. The number of hydrogen-bond acceptors (Lipinski definition) is 0. The van der Waals surface area contributed by atoms with Crippen molar-refractivity contribution < 1.29 is 9.09 Å². The molecular weight excluding hydrogens is 157 g/mol. The fourth-order valence-electron chi connectivity index (χ4n) is 0. The largest absolute Gasteiger partial charge is 0.269 e. The molecule has 0 aromatic carbocycles. The fourth-order valence-corrected chi connectivity index (χ4v) is 0. The minimum Gasteiger partial charge on any atom is -0.269 e. The molecule has 0 atom stereocenters. The van der Waals surface area contributed by atoms with Gasteiger partial charge in [-0.3, -0.25) is 9.09 Å². The summed E-state index contributed by atoms with van der Waals surface area (Å²) >= 11 is 5.00. The first kappa shape index (κ1) is 23.7. The highest BCUT2D eigenvalue weighted by Crippen LogP contribution is 1.59. The molecule has 0 nitrogen and oxygen atoms in total. The molecule has 0 aliphatic rings. The molecule has 0 aliphatic carbocycles. The van der Waals surface area contributed by atoms with Crippen molar-refractivity contribution in [3.63, 3.8) is 0 Å². The summed E-state index contributed by atoms with van der Waals surface area (Å²) in [6, 6.07) is 0. The maximum absolute atomic E-state index is 10.3. The predicted octanol–water partition coefficient (Wildman–Crippen LogP) is 2.80. The van der Waals surface area contributed by atoms with E-state index in [1.54, 1.807) is 0 Å². The van der Waals surface area contributed by atoms with E-state index in [1.807, 2.05) is 6.92 Å². The Balaban J connectivity index is -0.0000000160. The third-order valence-electron chi connectivity index (χ3n) is 0. The van der Waals surface area contributed by atoms with Gasteiger partial charge in [0.15, 0.2) is 0 Å². The van der Waals surface area contributed by atoms with Crippen molar-refractivity contribution in [1.29, 1.82) is 0 Å². The predicted molar refractivity (Wildman–Crippen MR) is 37.8 cm³/mol. The van der Waals surface area contributed by atoms with Crippen LogP contribution in [0.2, 0.25) is 0 Å². The molecule has 0 N–H and O–H groups in total. The summed E-state index contributed by atoms with van der Waals surface area (Å²) in [4.78, 5) is 0. The van der Waals surface area contributed by atoms with E-state index in [2.05, 4.69) is 0 Å². The van der Waals surface area contributed by atoms with Crippen molar-refractivity contribution >= 4 is 24.0 Å². The van der Waals surface area contributed by atoms with Crippen LogP contribution in [0.3, 0.4) is 0 Å². The third-order valence-corrected chi connectivity index (χ3v) is 0. The Bertz CT molecular complexity index is 14.0. The standard InChI is InChI=1S/C2H5Cl.C2H5F.ClH.FH/c2*1-2-3;;/h2*2H2,1H3;2*1H. The average Bonchev–Trinajstić information content (AvgIpc) is 1.39. The molecule has 0 rings (SSSR count). The van der Waals surface area contributed by atoms with Crippen molar-refractivity contribution in [3.8, 4) is 0 Å². The highest BCUT2D eigenvalue weighted by Gasteiger charge is 1.39. The molecule has 0 aromatic rings. The molecule has 0 aliphatic heterocycles. The molecule has 0 spiro atoms. The van der Waals surface area contributed by atoms with Gasteiger partial charge in [-0.15, -0.1) is 24.0 Å². The molecule has 8 heavy (non-hydrogen) atoms. The van der Waals surface area contributed by atoms with Crippen molar-refractivity contribution in [2.45, 2.75) is 13.8 Å². The first-order valence-electron chi connectivity index (χ1n) is 1.95. The summed E-state index contributed by atoms with van der Waals surface area (Å²) in [5.41, 5.74) is 0. The maximum Gasteiger partial charge on any atom is 0.0866 e. The second-order valence-corrected chi connectivity index (χ2v) is 1.07. The van der Waals surface area contributed by atoms with Crippen LogP contribution in [0.4, 0.5) is 9.09 Å². The quantitative estimate of drug-likeness (QED) is 0.489. The molecule has 0 aromatic heterocycles.